The van der Waals surface area contributed by atoms with Gasteiger partial charge in [0.2, 0.25) is 0 Å². The Balaban J connectivity index is 1.58. The van der Waals surface area contributed by atoms with Crippen LogP contribution in [-0.2, 0) is 0 Å². The molecule has 0 unspecified atom stereocenters. The molecule has 2 atom stereocenters. The number of carbonyl (C=O) groups is 1. The average molecular weight is 462 g/mol. The number of hydrogen-bond donors (Lipinski definition) is 4. The van der Waals surface area contributed by atoms with Gasteiger partial charge in [0.05, 0.1) is 35.1 Å². The van der Waals surface area contributed by atoms with E-state index in [4.69, 9.17) is 21.7 Å². The maximum atomic E-state index is 14.0. The lowest BCUT2D eigenvalue weighted by Crippen LogP contribution is -2.46. The Bertz CT molecular complexity index is 1070. The van der Waals surface area contributed by atoms with Crippen molar-refractivity contribution in [2.24, 2.45) is 4.99 Å². The van der Waals surface area contributed by atoms with E-state index in [-0.39, 0.29) is 36.0 Å². The molecule has 8 nitrogen and oxygen atoms in total. The third-order valence-corrected chi connectivity index (χ3v) is 6.27. The number of nitrogens with one attached hydrogen (secondary N) is 3. The van der Waals surface area contributed by atoms with Crippen LogP contribution in [0.4, 0.5) is 4.39 Å². The fourth-order valence-electron chi connectivity index (χ4n) is 3.94. The molecule has 1 aromatic rings. The van der Waals surface area contributed by atoms with Gasteiger partial charge in [0, 0.05) is 23.9 Å². The second-order valence-electron chi connectivity index (χ2n) is 8.09. The molecule has 32 heavy (non-hydrogen) atoms. The van der Waals surface area contributed by atoms with Crippen LogP contribution in [0.25, 0.3) is 0 Å². The van der Waals surface area contributed by atoms with Gasteiger partial charge in [-0.2, -0.15) is 0 Å². The second kappa shape index (κ2) is 9.01. The summed E-state index contributed by atoms with van der Waals surface area (Å²) in [5.41, 5.74) is 2.42. The largest absolute Gasteiger partial charge is 0.487 e. The molecule has 0 radical (unpaired) electrons. The summed E-state index contributed by atoms with van der Waals surface area (Å²) in [6.45, 7) is 4.90. The van der Waals surface area contributed by atoms with Gasteiger partial charge >= 0.3 is 0 Å². The number of aliphatic imine (C=N–C) groups is 1. The molecule has 0 saturated carbocycles. The number of likely N-dealkylation sites (tertiary alicyclic amines) is 1. The van der Waals surface area contributed by atoms with E-state index in [2.05, 4.69) is 15.6 Å². The molecular formula is C22H25ClFN5O3. The molecule has 0 spiro atoms. The standard InChI is InChI=1S/C22H25ClFN5O3/c1-11-20(23)12(2)28-21(27-11)15-9-29(10-16(15)25)22(31)14-4-3-13(24)7-19(14)32-18-5-6-26-8-17(18)30/h3-4,7,17-18,25-27,30H,5-6,8-10H2,1-2H3/b21-15+,25-16?/t17-,18-/m1/s1. The van der Waals surface area contributed by atoms with Crippen molar-refractivity contribution in [2.75, 3.05) is 26.2 Å². The van der Waals surface area contributed by atoms with Gasteiger partial charge < -0.3 is 30.8 Å². The fraction of sp³-hybridized carbons (Fsp3) is 0.409. The van der Waals surface area contributed by atoms with Crippen LogP contribution in [0.15, 0.2) is 45.3 Å². The predicted octanol–water partition coefficient (Wildman–Crippen LogP) is 2.15. The van der Waals surface area contributed by atoms with Crippen LogP contribution in [0.2, 0.25) is 0 Å². The normalized spacial score (nSPS) is 26.2. The van der Waals surface area contributed by atoms with Crippen LogP contribution in [0.1, 0.15) is 30.6 Å². The molecule has 3 heterocycles. The Morgan fingerprint density at radius 2 is 2.16 bits per heavy atom. The van der Waals surface area contributed by atoms with Gasteiger partial charge in [-0.05, 0) is 38.9 Å². The highest BCUT2D eigenvalue weighted by molar-refractivity contribution is 6.43. The number of hydrogen-bond acceptors (Lipinski definition) is 7. The molecule has 4 rings (SSSR count). The van der Waals surface area contributed by atoms with Gasteiger partial charge in [0.15, 0.2) is 0 Å². The summed E-state index contributed by atoms with van der Waals surface area (Å²) in [6.07, 6.45) is -0.760. The van der Waals surface area contributed by atoms with E-state index in [1.807, 2.05) is 6.92 Å². The lowest BCUT2D eigenvalue weighted by atomic mass is 10.1. The van der Waals surface area contributed by atoms with Crippen molar-refractivity contribution in [3.8, 4) is 5.75 Å². The quantitative estimate of drug-likeness (QED) is 0.551. The summed E-state index contributed by atoms with van der Waals surface area (Å²) in [4.78, 5) is 19.2. The van der Waals surface area contributed by atoms with Crippen molar-refractivity contribution < 1.29 is 19.0 Å². The predicted molar refractivity (Wildman–Crippen MR) is 120 cm³/mol. The number of allylic oxidation sites excluding steroid dienone is 2. The summed E-state index contributed by atoms with van der Waals surface area (Å²) < 4.78 is 19.8. The Kier molecular flexibility index (Phi) is 6.32. The molecule has 3 aliphatic rings. The van der Waals surface area contributed by atoms with Crippen LogP contribution in [0.3, 0.4) is 0 Å². The van der Waals surface area contributed by atoms with E-state index in [9.17, 15) is 14.3 Å². The zero-order valence-corrected chi connectivity index (χ0v) is 18.6. The number of rotatable bonds is 3. The van der Waals surface area contributed by atoms with Crippen LogP contribution in [0, 0.1) is 11.2 Å². The molecule has 0 aromatic heterocycles. The first kappa shape index (κ1) is 22.4. The highest BCUT2D eigenvalue weighted by Gasteiger charge is 2.33. The zero-order valence-electron chi connectivity index (χ0n) is 17.8. The molecule has 1 amide bonds. The number of benzene rings is 1. The maximum absolute atomic E-state index is 14.0. The Morgan fingerprint density at radius 3 is 2.88 bits per heavy atom. The van der Waals surface area contributed by atoms with Gasteiger partial charge in [0.1, 0.15) is 29.6 Å². The molecule has 10 heteroatoms. The molecule has 0 bridgehead atoms. The van der Waals surface area contributed by atoms with Crippen LogP contribution in [-0.4, -0.2) is 65.7 Å². The number of aliphatic hydroxyl groups is 1. The minimum Gasteiger partial charge on any atom is -0.487 e. The lowest BCUT2D eigenvalue weighted by molar-refractivity contribution is 0.0154. The van der Waals surface area contributed by atoms with Crippen LogP contribution in [0.5, 0.6) is 5.75 Å². The molecule has 0 aliphatic carbocycles. The van der Waals surface area contributed by atoms with Crippen LogP contribution >= 0.6 is 11.6 Å². The first-order chi connectivity index (χ1) is 15.2. The minimum atomic E-state index is -0.757. The summed E-state index contributed by atoms with van der Waals surface area (Å²) >= 11 is 6.18. The summed E-state index contributed by atoms with van der Waals surface area (Å²) in [7, 11) is 0. The summed E-state index contributed by atoms with van der Waals surface area (Å²) in [5, 5.41) is 25.2. The zero-order chi connectivity index (χ0) is 23.0. The molecule has 1 aromatic carbocycles. The second-order valence-corrected chi connectivity index (χ2v) is 8.46. The third kappa shape index (κ3) is 4.41. The summed E-state index contributed by atoms with van der Waals surface area (Å²) in [5.74, 6) is -0.334. The van der Waals surface area contributed by atoms with E-state index in [1.165, 1.54) is 17.0 Å². The van der Waals surface area contributed by atoms with E-state index >= 15 is 0 Å². The average Bonchev–Trinajstić information content (AvgIpc) is 3.14. The monoisotopic (exact) mass is 461 g/mol. The fourth-order valence-corrected chi connectivity index (χ4v) is 4.03. The van der Waals surface area contributed by atoms with Gasteiger partial charge in [-0.1, -0.05) is 11.6 Å². The number of nitrogens with zero attached hydrogens (tertiary/aromatic N) is 2. The molecule has 4 N–H and O–H groups in total. The highest BCUT2D eigenvalue weighted by atomic mass is 35.5. The van der Waals surface area contributed by atoms with Gasteiger partial charge in [0.25, 0.3) is 5.91 Å². The first-order valence-corrected chi connectivity index (χ1v) is 10.8. The number of halogens is 2. The Labute approximate surface area is 190 Å². The van der Waals surface area contributed by atoms with E-state index in [0.29, 0.717) is 41.6 Å². The van der Waals surface area contributed by atoms with E-state index < -0.39 is 18.0 Å². The molecule has 3 aliphatic heterocycles. The van der Waals surface area contributed by atoms with E-state index in [0.717, 1.165) is 11.8 Å². The van der Waals surface area contributed by atoms with Crippen molar-refractivity contribution in [1.29, 1.82) is 5.41 Å². The van der Waals surface area contributed by atoms with Crippen molar-refractivity contribution >= 4 is 28.9 Å². The SMILES string of the molecule is CC1=N/C(=C2\CN(C(=O)c3ccc(F)cc3O[C@@H]3CCNC[C@H]3O)CC2=N)NC(C)=C1Cl. The Hall–Kier alpha value is -2.75. The van der Waals surface area contributed by atoms with Gasteiger partial charge in [-0.25, -0.2) is 9.38 Å². The number of β-amino-alcohol motifs (C(OH)–C–C–N with tert-alkyl or cyclic N) is 1. The van der Waals surface area contributed by atoms with Gasteiger partial charge in [-0.15, -0.1) is 0 Å². The highest BCUT2D eigenvalue weighted by Crippen LogP contribution is 2.28. The van der Waals surface area contributed by atoms with Crippen molar-refractivity contribution in [3.05, 3.63) is 51.7 Å². The maximum Gasteiger partial charge on any atom is 0.258 e. The van der Waals surface area contributed by atoms with E-state index in [1.54, 1.807) is 6.92 Å². The number of carbonyl (C=O) groups excluding carboxylic acids is 1. The lowest BCUT2D eigenvalue weighted by Gasteiger charge is -2.29. The first-order valence-electron chi connectivity index (χ1n) is 10.4. The topological polar surface area (TPSA) is 110 Å². The number of aliphatic hydroxyl groups excluding tert-OH is 1. The molecule has 2 fully saturated rings. The molecular weight excluding hydrogens is 437 g/mol. The van der Waals surface area contributed by atoms with Crippen molar-refractivity contribution in [3.63, 3.8) is 0 Å². The van der Waals surface area contributed by atoms with Crippen molar-refractivity contribution in [2.45, 2.75) is 32.5 Å². The minimum absolute atomic E-state index is 0.0869. The van der Waals surface area contributed by atoms with Crippen molar-refractivity contribution in [1.82, 2.24) is 15.5 Å². The number of piperidine rings is 1. The summed E-state index contributed by atoms with van der Waals surface area (Å²) in [6, 6.07) is 3.74. The third-order valence-electron chi connectivity index (χ3n) is 5.71. The van der Waals surface area contributed by atoms with Crippen LogP contribution < -0.4 is 15.4 Å². The smallest absolute Gasteiger partial charge is 0.258 e. The van der Waals surface area contributed by atoms with Gasteiger partial charge in [-0.3, -0.25) is 4.79 Å². The number of amides is 1. The number of ether oxygens (including phenoxy) is 1. The molecule has 2 saturated heterocycles. The molecule has 170 valence electrons. The Morgan fingerprint density at radius 1 is 1.38 bits per heavy atom.